The molecule has 0 aromatic carbocycles. The Balaban J connectivity index is 1.50. The van der Waals surface area contributed by atoms with E-state index >= 15 is 0 Å². The molecule has 1 aromatic heterocycles. The summed E-state index contributed by atoms with van der Waals surface area (Å²) in [4.78, 5) is 18.4. The lowest BCUT2D eigenvalue weighted by Gasteiger charge is -2.17. The van der Waals surface area contributed by atoms with E-state index in [1.807, 2.05) is 23.1 Å². The van der Waals surface area contributed by atoms with Crippen molar-refractivity contribution in [3.05, 3.63) is 30.1 Å². The normalized spacial score (nSPS) is 24.9. The fourth-order valence-corrected chi connectivity index (χ4v) is 4.19. The number of rotatable bonds is 7. The van der Waals surface area contributed by atoms with Crippen LogP contribution in [-0.4, -0.2) is 56.1 Å². The molecule has 0 radical (unpaired) electrons. The molecule has 3 rings (SSSR count). The molecule has 0 bridgehead atoms. The van der Waals surface area contributed by atoms with Crippen LogP contribution in [0.25, 0.3) is 0 Å². The molecular formula is C16H24N4O3S. The molecule has 0 unspecified atom stereocenters. The molecule has 2 atom stereocenters. The minimum atomic E-state index is -3.23. The number of amides is 1. The average molecular weight is 352 g/mol. The van der Waals surface area contributed by atoms with Gasteiger partial charge in [0.25, 0.3) is 0 Å². The minimum Gasteiger partial charge on any atom is -0.349 e. The van der Waals surface area contributed by atoms with Crippen LogP contribution in [-0.2, 0) is 21.4 Å². The zero-order valence-corrected chi connectivity index (χ0v) is 14.6. The van der Waals surface area contributed by atoms with Gasteiger partial charge in [0, 0.05) is 25.3 Å². The summed E-state index contributed by atoms with van der Waals surface area (Å²) < 4.78 is 25.8. The van der Waals surface area contributed by atoms with Gasteiger partial charge in [-0.15, -0.1) is 0 Å². The Morgan fingerprint density at radius 3 is 2.75 bits per heavy atom. The molecule has 24 heavy (non-hydrogen) atoms. The fourth-order valence-electron chi connectivity index (χ4n) is 3.40. The molecule has 1 saturated carbocycles. The first kappa shape index (κ1) is 17.3. The van der Waals surface area contributed by atoms with Gasteiger partial charge < -0.3 is 5.32 Å². The van der Waals surface area contributed by atoms with Gasteiger partial charge >= 0.3 is 0 Å². The highest BCUT2D eigenvalue weighted by Gasteiger charge is 2.43. The average Bonchev–Trinajstić information content (AvgIpc) is 3.28. The van der Waals surface area contributed by atoms with E-state index in [2.05, 4.69) is 15.0 Å². The number of aromatic nitrogens is 1. The number of nitrogens with zero attached hydrogens (tertiary/aromatic N) is 2. The first-order valence-electron chi connectivity index (χ1n) is 8.27. The number of likely N-dealkylation sites (tertiary alicyclic amines) is 1. The number of pyridine rings is 1. The molecule has 2 fully saturated rings. The largest absolute Gasteiger partial charge is 0.349 e. The van der Waals surface area contributed by atoms with Crippen molar-refractivity contribution in [1.29, 1.82) is 0 Å². The van der Waals surface area contributed by atoms with Crippen molar-refractivity contribution in [2.24, 2.45) is 11.8 Å². The summed E-state index contributed by atoms with van der Waals surface area (Å²) in [5.74, 6) is 0.837. The van der Waals surface area contributed by atoms with Crippen LogP contribution in [0.2, 0.25) is 0 Å². The van der Waals surface area contributed by atoms with Gasteiger partial charge in [0.05, 0.1) is 25.0 Å². The lowest BCUT2D eigenvalue weighted by molar-refractivity contribution is -0.122. The maximum absolute atomic E-state index is 12.1. The predicted octanol–water partition coefficient (Wildman–Crippen LogP) is -0.0426. The van der Waals surface area contributed by atoms with Gasteiger partial charge in [-0.2, -0.15) is 0 Å². The molecule has 2 aliphatic rings. The minimum absolute atomic E-state index is 0.0600. The smallest absolute Gasteiger partial charge is 0.234 e. The zero-order chi connectivity index (χ0) is 17.2. The third-order valence-corrected chi connectivity index (χ3v) is 5.32. The Hall–Kier alpha value is -1.51. The Bertz CT molecular complexity index is 676. The van der Waals surface area contributed by atoms with E-state index in [-0.39, 0.29) is 18.5 Å². The topological polar surface area (TPSA) is 91.4 Å². The number of carbonyl (C=O) groups excluding carboxylic acids is 1. The van der Waals surface area contributed by atoms with E-state index in [1.54, 1.807) is 6.20 Å². The fraction of sp³-hybridized carbons (Fsp3) is 0.625. The van der Waals surface area contributed by atoms with Crippen LogP contribution in [0.1, 0.15) is 18.5 Å². The highest BCUT2D eigenvalue weighted by Crippen LogP contribution is 2.41. The predicted molar refractivity (Wildman–Crippen MR) is 90.5 cm³/mol. The third kappa shape index (κ3) is 4.99. The molecule has 1 aliphatic heterocycles. The van der Waals surface area contributed by atoms with E-state index in [4.69, 9.17) is 0 Å². The summed E-state index contributed by atoms with van der Waals surface area (Å²) in [7, 11) is -3.23. The first-order chi connectivity index (χ1) is 11.4. The van der Waals surface area contributed by atoms with Gasteiger partial charge in [0.1, 0.15) is 0 Å². The molecule has 8 heteroatoms. The van der Waals surface area contributed by atoms with Gasteiger partial charge in [-0.25, -0.2) is 13.1 Å². The van der Waals surface area contributed by atoms with Crippen LogP contribution in [0.4, 0.5) is 0 Å². The summed E-state index contributed by atoms with van der Waals surface area (Å²) >= 11 is 0. The van der Waals surface area contributed by atoms with Crippen molar-refractivity contribution in [2.45, 2.75) is 25.4 Å². The quantitative estimate of drug-likeness (QED) is 0.718. The van der Waals surface area contributed by atoms with Gasteiger partial charge in [-0.1, -0.05) is 6.07 Å². The van der Waals surface area contributed by atoms with Crippen LogP contribution in [0.3, 0.4) is 0 Å². The molecular weight excluding hydrogens is 328 g/mol. The van der Waals surface area contributed by atoms with Crippen molar-refractivity contribution < 1.29 is 13.2 Å². The lowest BCUT2D eigenvalue weighted by Crippen LogP contribution is -2.41. The van der Waals surface area contributed by atoms with E-state index in [9.17, 15) is 13.2 Å². The van der Waals surface area contributed by atoms with Crippen LogP contribution >= 0.6 is 0 Å². The van der Waals surface area contributed by atoms with Crippen LogP contribution < -0.4 is 10.0 Å². The second kappa shape index (κ2) is 7.16. The second-order valence-electron chi connectivity index (χ2n) is 6.79. The monoisotopic (exact) mass is 352 g/mol. The number of nitrogens with one attached hydrogen (secondary N) is 2. The van der Waals surface area contributed by atoms with E-state index in [0.29, 0.717) is 24.9 Å². The zero-order valence-electron chi connectivity index (χ0n) is 13.8. The number of hydrogen-bond donors (Lipinski definition) is 2. The van der Waals surface area contributed by atoms with Crippen molar-refractivity contribution >= 4 is 15.9 Å². The number of hydrogen-bond acceptors (Lipinski definition) is 5. The van der Waals surface area contributed by atoms with Crippen molar-refractivity contribution in [2.75, 3.05) is 25.9 Å². The Morgan fingerprint density at radius 1 is 1.33 bits per heavy atom. The number of sulfonamides is 1. The van der Waals surface area contributed by atoms with Crippen LogP contribution in [0, 0.1) is 11.8 Å². The van der Waals surface area contributed by atoms with Gasteiger partial charge in [-0.3, -0.25) is 14.7 Å². The second-order valence-corrected chi connectivity index (χ2v) is 8.57. The maximum atomic E-state index is 12.1. The van der Waals surface area contributed by atoms with E-state index in [0.717, 1.165) is 25.1 Å². The van der Waals surface area contributed by atoms with Crippen molar-refractivity contribution in [3.63, 3.8) is 0 Å². The molecule has 132 valence electrons. The highest BCUT2D eigenvalue weighted by molar-refractivity contribution is 7.88. The lowest BCUT2D eigenvalue weighted by atomic mass is 9.99. The van der Waals surface area contributed by atoms with Gasteiger partial charge in [-0.05, 0) is 36.8 Å². The Kier molecular flexibility index (Phi) is 5.17. The molecule has 2 heterocycles. The summed E-state index contributed by atoms with van der Waals surface area (Å²) in [5.41, 5.74) is 0.819. The van der Waals surface area contributed by atoms with E-state index in [1.165, 1.54) is 6.26 Å². The maximum Gasteiger partial charge on any atom is 0.234 e. The van der Waals surface area contributed by atoms with Crippen LogP contribution in [0.15, 0.2) is 24.4 Å². The molecule has 7 nitrogen and oxygen atoms in total. The van der Waals surface area contributed by atoms with Crippen molar-refractivity contribution in [3.8, 4) is 0 Å². The van der Waals surface area contributed by atoms with Gasteiger partial charge in [0.2, 0.25) is 15.9 Å². The molecule has 1 aromatic rings. The number of carbonyl (C=O) groups is 1. The SMILES string of the molecule is CS(=O)(=O)N[C@H]1CN(CC(=O)NCc2ccccn2)C[C@@H]1C1CC1. The standard InChI is InChI=1S/C16H24N4O3S/c1-24(22,23)19-15-10-20(9-14(15)12-5-6-12)11-16(21)18-8-13-4-2-3-7-17-13/h2-4,7,12,14-15,19H,5-6,8-11H2,1H3,(H,18,21)/t14-,15+/m1/s1. The Labute approximate surface area is 142 Å². The van der Waals surface area contributed by atoms with Crippen molar-refractivity contribution in [1.82, 2.24) is 19.9 Å². The summed E-state index contributed by atoms with van der Waals surface area (Å²) in [6, 6.07) is 5.50. The van der Waals surface area contributed by atoms with Gasteiger partial charge in [0.15, 0.2) is 0 Å². The highest BCUT2D eigenvalue weighted by atomic mass is 32.2. The summed E-state index contributed by atoms with van der Waals surface area (Å²) in [5, 5.41) is 2.87. The first-order valence-corrected chi connectivity index (χ1v) is 10.2. The Morgan fingerprint density at radius 2 is 2.12 bits per heavy atom. The molecule has 1 saturated heterocycles. The molecule has 2 N–H and O–H groups in total. The summed E-state index contributed by atoms with van der Waals surface area (Å²) in [6.45, 7) is 2.06. The van der Waals surface area contributed by atoms with E-state index < -0.39 is 10.0 Å². The molecule has 0 spiro atoms. The molecule has 1 amide bonds. The third-order valence-electron chi connectivity index (χ3n) is 4.59. The van der Waals surface area contributed by atoms with Crippen LogP contribution in [0.5, 0.6) is 0 Å². The molecule has 1 aliphatic carbocycles. The summed E-state index contributed by atoms with van der Waals surface area (Å²) in [6.07, 6.45) is 5.21.